The van der Waals surface area contributed by atoms with Gasteiger partial charge in [-0.3, -0.25) is 9.29 Å². The molecule has 0 aliphatic carbocycles. The van der Waals surface area contributed by atoms with Crippen molar-refractivity contribution in [2.45, 2.75) is 5.03 Å². The molecule has 0 spiro atoms. The monoisotopic (exact) mass is 350 g/mol. The van der Waals surface area contributed by atoms with Crippen LogP contribution in [-0.4, -0.2) is 18.9 Å². The molecule has 0 saturated carbocycles. The highest BCUT2D eigenvalue weighted by Gasteiger charge is 2.19. The Morgan fingerprint density at radius 3 is 2.65 bits per heavy atom. The average Bonchev–Trinajstić information content (AvgIpc) is 3.00. The fourth-order valence-electron chi connectivity index (χ4n) is 1.74. The lowest BCUT2D eigenvalue weighted by molar-refractivity contribution is 0.596. The lowest BCUT2D eigenvalue weighted by atomic mass is 10.3. The minimum absolute atomic E-state index is 0.0181. The fourth-order valence-corrected chi connectivity index (χ4v) is 3.09. The minimum Gasteiger partial charge on any atom is -0.369 e. The number of nitrogens with two attached hydrogens (primary N) is 1. The van der Waals surface area contributed by atoms with Crippen LogP contribution in [0.25, 0.3) is 0 Å². The van der Waals surface area contributed by atoms with Gasteiger partial charge in [0.25, 0.3) is 10.0 Å². The summed E-state index contributed by atoms with van der Waals surface area (Å²) in [5, 5.41) is 0.488. The van der Waals surface area contributed by atoms with Gasteiger partial charge in [0.05, 0.1) is 0 Å². The maximum absolute atomic E-state index is 12.5. The van der Waals surface area contributed by atoms with Gasteiger partial charge in [-0.1, -0.05) is 24.3 Å². The van der Waals surface area contributed by atoms with Crippen LogP contribution in [0.5, 0.6) is 0 Å². The summed E-state index contributed by atoms with van der Waals surface area (Å²) in [7, 11) is -3.82. The Kier molecular flexibility index (Phi) is 5.25. The third-order valence-electron chi connectivity index (χ3n) is 2.76. The Hall–Kier alpha value is -2.51. The van der Waals surface area contributed by atoms with Gasteiger partial charge in [-0.2, -0.15) is 8.42 Å². The smallest absolute Gasteiger partial charge is 0.278 e. The zero-order valence-electron chi connectivity index (χ0n) is 12.1. The molecule has 3 N–H and O–H groups in total. The molecular formula is C15H15ClN4O2S. The number of sulfonamides is 1. The van der Waals surface area contributed by atoms with Crippen LogP contribution < -0.4 is 10.5 Å². The maximum atomic E-state index is 12.5. The summed E-state index contributed by atoms with van der Waals surface area (Å²) in [6, 6.07) is 9.31. The van der Waals surface area contributed by atoms with Crippen LogP contribution >= 0.6 is 11.6 Å². The highest BCUT2D eigenvalue weighted by molar-refractivity contribution is 7.92. The summed E-state index contributed by atoms with van der Waals surface area (Å²) in [6.07, 6.45) is 6.05. The van der Waals surface area contributed by atoms with Crippen LogP contribution in [0.2, 0.25) is 5.02 Å². The molecule has 0 atom stereocenters. The van der Waals surface area contributed by atoms with Gasteiger partial charge >= 0.3 is 0 Å². The first-order valence-electron chi connectivity index (χ1n) is 6.51. The van der Waals surface area contributed by atoms with Gasteiger partial charge in [0, 0.05) is 23.1 Å². The van der Waals surface area contributed by atoms with Crippen LogP contribution in [0.1, 0.15) is 0 Å². The standard InChI is InChI=1S/C15H15ClN4O2S/c1-2-3-10-18-15(17)20-11-4-5-14(20)23(21,22)19-13-8-6-12(16)7-9-13/h2-11,19H,1H2,(H2,17,18)/b10-3-. The van der Waals surface area contributed by atoms with Gasteiger partial charge in [-0.15, -0.1) is 0 Å². The Labute approximate surface area is 139 Å². The molecule has 120 valence electrons. The molecule has 23 heavy (non-hydrogen) atoms. The average molecular weight is 351 g/mol. The normalized spacial score (nSPS) is 12.5. The Morgan fingerprint density at radius 2 is 2.00 bits per heavy atom. The van der Waals surface area contributed by atoms with E-state index in [2.05, 4.69) is 16.3 Å². The molecule has 6 nitrogen and oxygen atoms in total. The molecule has 0 fully saturated rings. The quantitative estimate of drug-likeness (QED) is 0.493. The molecule has 0 aliphatic rings. The molecule has 1 heterocycles. The van der Waals surface area contributed by atoms with E-state index >= 15 is 0 Å². The second-order valence-corrected chi connectivity index (χ2v) is 6.46. The third kappa shape index (κ3) is 4.24. The van der Waals surface area contributed by atoms with Crippen LogP contribution in [0.4, 0.5) is 5.69 Å². The predicted molar refractivity (Wildman–Crippen MR) is 93.0 cm³/mol. The van der Waals surface area contributed by atoms with Crippen molar-refractivity contribution in [3.63, 3.8) is 0 Å². The van der Waals surface area contributed by atoms with E-state index in [0.29, 0.717) is 10.7 Å². The summed E-state index contributed by atoms with van der Waals surface area (Å²) in [5.41, 5.74) is 6.20. The van der Waals surface area contributed by atoms with Crippen LogP contribution in [-0.2, 0) is 10.0 Å². The van der Waals surface area contributed by atoms with Crippen LogP contribution in [0, 0.1) is 0 Å². The number of benzene rings is 1. The predicted octanol–water partition coefficient (Wildman–Crippen LogP) is 2.80. The number of halogens is 1. The van der Waals surface area contributed by atoms with Crippen molar-refractivity contribution in [1.82, 2.24) is 4.57 Å². The Bertz CT molecular complexity index is 852. The van der Waals surface area contributed by atoms with E-state index in [1.165, 1.54) is 29.1 Å². The maximum Gasteiger partial charge on any atom is 0.278 e. The van der Waals surface area contributed by atoms with E-state index in [1.54, 1.807) is 36.4 Å². The molecule has 1 aromatic heterocycles. The van der Waals surface area contributed by atoms with Crippen molar-refractivity contribution in [3.05, 3.63) is 72.5 Å². The van der Waals surface area contributed by atoms with E-state index in [0.717, 1.165) is 0 Å². The summed E-state index contributed by atoms with van der Waals surface area (Å²) < 4.78 is 28.7. The first-order valence-corrected chi connectivity index (χ1v) is 8.37. The zero-order chi connectivity index (χ0) is 16.9. The number of anilines is 1. The zero-order valence-corrected chi connectivity index (χ0v) is 13.6. The summed E-state index contributed by atoms with van der Waals surface area (Å²) in [4.78, 5) is 3.95. The van der Waals surface area contributed by atoms with Crippen molar-refractivity contribution in [1.29, 1.82) is 0 Å². The molecule has 8 heteroatoms. The number of aliphatic imine (C=N–C) groups is 1. The molecular weight excluding hydrogens is 336 g/mol. The largest absolute Gasteiger partial charge is 0.369 e. The Balaban J connectivity index is 2.32. The third-order valence-corrected chi connectivity index (χ3v) is 4.40. The number of aromatic nitrogens is 1. The number of hydrogen-bond acceptors (Lipinski definition) is 3. The number of hydrogen-bond donors (Lipinski definition) is 2. The lowest BCUT2D eigenvalue weighted by Gasteiger charge is -2.11. The van der Waals surface area contributed by atoms with Gasteiger partial charge < -0.3 is 5.73 Å². The van der Waals surface area contributed by atoms with Gasteiger partial charge in [-0.05, 0) is 42.5 Å². The highest BCUT2D eigenvalue weighted by Crippen LogP contribution is 2.18. The van der Waals surface area contributed by atoms with Gasteiger partial charge in [0.1, 0.15) is 0 Å². The number of allylic oxidation sites excluding steroid dienone is 2. The lowest BCUT2D eigenvalue weighted by Crippen LogP contribution is -2.26. The number of nitrogens with one attached hydrogen (secondary N) is 1. The fraction of sp³-hybridized carbons (Fsp3) is 0. The van der Waals surface area contributed by atoms with E-state index in [1.807, 2.05) is 0 Å². The molecule has 0 amide bonds. The van der Waals surface area contributed by atoms with E-state index < -0.39 is 10.0 Å². The molecule has 0 unspecified atom stereocenters. The van der Waals surface area contributed by atoms with Gasteiger partial charge in [0.2, 0.25) is 5.96 Å². The van der Waals surface area contributed by atoms with Crippen molar-refractivity contribution in [2.24, 2.45) is 10.7 Å². The summed E-state index contributed by atoms with van der Waals surface area (Å²) in [6.45, 7) is 3.51. The molecule has 1 aromatic carbocycles. The molecule has 0 radical (unpaired) electrons. The molecule has 2 aromatic rings. The van der Waals surface area contributed by atoms with E-state index in [9.17, 15) is 8.42 Å². The number of rotatable bonds is 5. The molecule has 0 aliphatic heterocycles. The summed E-state index contributed by atoms with van der Waals surface area (Å²) in [5.74, 6) is 0.0181. The van der Waals surface area contributed by atoms with Gasteiger partial charge in [0.15, 0.2) is 5.03 Å². The first-order chi connectivity index (χ1) is 10.9. The molecule has 0 bridgehead atoms. The Morgan fingerprint density at radius 1 is 1.30 bits per heavy atom. The van der Waals surface area contributed by atoms with Crippen molar-refractivity contribution in [2.75, 3.05) is 4.72 Å². The first kappa shape index (κ1) is 16.9. The second kappa shape index (κ2) is 7.17. The van der Waals surface area contributed by atoms with Crippen LogP contribution in [0.15, 0.2) is 77.5 Å². The van der Waals surface area contributed by atoms with Crippen molar-refractivity contribution < 1.29 is 8.42 Å². The summed E-state index contributed by atoms with van der Waals surface area (Å²) >= 11 is 5.78. The van der Waals surface area contributed by atoms with Crippen molar-refractivity contribution >= 4 is 33.3 Å². The van der Waals surface area contributed by atoms with E-state index in [-0.39, 0.29) is 11.0 Å². The van der Waals surface area contributed by atoms with E-state index in [4.69, 9.17) is 17.3 Å². The van der Waals surface area contributed by atoms with Crippen molar-refractivity contribution in [3.8, 4) is 0 Å². The SMILES string of the molecule is C=C/C=C\N=C(N)n1cccc1S(=O)(=O)Nc1ccc(Cl)cc1. The number of nitrogens with zero attached hydrogens (tertiary/aromatic N) is 2. The highest BCUT2D eigenvalue weighted by atomic mass is 35.5. The second-order valence-electron chi connectivity index (χ2n) is 4.39. The minimum atomic E-state index is -3.82. The van der Waals surface area contributed by atoms with Gasteiger partial charge in [-0.25, -0.2) is 4.99 Å². The topological polar surface area (TPSA) is 89.5 Å². The molecule has 0 saturated heterocycles. The van der Waals surface area contributed by atoms with Crippen LogP contribution in [0.3, 0.4) is 0 Å². The molecule has 2 rings (SSSR count).